The van der Waals surface area contributed by atoms with E-state index in [4.69, 9.17) is 5.11 Å². The Hall–Kier alpha value is -1.71. The molecule has 0 radical (unpaired) electrons. The number of phenolic OH excluding ortho intramolecular Hbond substituents is 1. The Morgan fingerprint density at radius 3 is 1.95 bits per heavy atom. The van der Waals surface area contributed by atoms with E-state index in [-0.39, 0.29) is 16.7 Å². The van der Waals surface area contributed by atoms with Crippen LogP contribution in [0.15, 0.2) is 12.1 Å². The topological polar surface area (TPSA) is 77.8 Å². The zero-order valence-electron chi connectivity index (χ0n) is 11.9. The number of phenols is 2. The van der Waals surface area contributed by atoms with Crippen LogP contribution in [0.3, 0.4) is 0 Å². The number of hydrogen-bond donors (Lipinski definition) is 3. The largest absolute Gasteiger partial charge is 0.504 e. The van der Waals surface area contributed by atoms with Gasteiger partial charge in [0.05, 0.1) is 0 Å². The van der Waals surface area contributed by atoms with Crippen LogP contribution >= 0.6 is 0 Å². The lowest BCUT2D eigenvalue weighted by atomic mass is 9.48. The van der Waals surface area contributed by atoms with Crippen molar-refractivity contribution in [3.8, 4) is 11.5 Å². The van der Waals surface area contributed by atoms with Gasteiger partial charge in [-0.25, -0.2) is 4.79 Å². The molecule has 112 valence electrons. The number of rotatable bonds is 2. The van der Waals surface area contributed by atoms with Gasteiger partial charge in [-0.1, -0.05) is 6.07 Å². The minimum Gasteiger partial charge on any atom is -0.504 e. The Kier molecular flexibility index (Phi) is 2.57. The highest BCUT2D eigenvalue weighted by atomic mass is 16.4. The second-order valence-electron chi connectivity index (χ2n) is 7.36. The number of carboxylic acid groups (broad SMARTS) is 1. The molecule has 4 aliphatic carbocycles. The van der Waals surface area contributed by atoms with Crippen LogP contribution in [-0.2, 0) is 5.41 Å². The lowest BCUT2D eigenvalue weighted by Gasteiger charge is -2.57. The third-order valence-electron chi connectivity index (χ3n) is 5.99. The first-order chi connectivity index (χ1) is 9.98. The van der Waals surface area contributed by atoms with Crippen LogP contribution in [0.4, 0.5) is 0 Å². The summed E-state index contributed by atoms with van der Waals surface area (Å²) in [4.78, 5) is 11.1. The van der Waals surface area contributed by atoms with Crippen molar-refractivity contribution in [3.63, 3.8) is 0 Å². The molecular weight excluding hydrogens is 268 g/mol. The van der Waals surface area contributed by atoms with Gasteiger partial charge in [-0.3, -0.25) is 0 Å². The van der Waals surface area contributed by atoms with E-state index in [1.165, 1.54) is 25.3 Å². The fourth-order valence-electron chi connectivity index (χ4n) is 5.62. The molecule has 0 aliphatic heterocycles. The first-order valence-corrected chi connectivity index (χ1v) is 7.77. The van der Waals surface area contributed by atoms with E-state index in [9.17, 15) is 15.0 Å². The molecule has 1 aromatic rings. The Labute approximate surface area is 123 Å². The predicted octanol–water partition coefficient (Wildman–Crippen LogP) is 3.26. The van der Waals surface area contributed by atoms with Gasteiger partial charge >= 0.3 is 5.97 Å². The Bertz CT molecular complexity index is 584. The van der Waals surface area contributed by atoms with E-state index in [0.717, 1.165) is 42.6 Å². The molecule has 4 aliphatic rings. The molecule has 3 N–H and O–H groups in total. The van der Waals surface area contributed by atoms with Crippen molar-refractivity contribution in [2.45, 2.75) is 43.9 Å². The molecule has 4 heteroatoms. The number of carboxylic acids is 1. The standard InChI is InChI=1S/C17H20O4/c18-14-12(16(20)21)1-2-13(15(14)19)17-6-9-3-10(7-17)5-11(4-9)8-17/h1-2,9-11,18-19H,3-8H2,(H,20,21). The van der Waals surface area contributed by atoms with E-state index < -0.39 is 11.7 Å². The van der Waals surface area contributed by atoms with Crippen molar-refractivity contribution < 1.29 is 20.1 Å². The van der Waals surface area contributed by atoms with Gasteiger partial charge in [0.15, 0.2) is 11.5 Å². The van der Waals surface area contributed by atoms with Gasteiger partial charge in [-0.15, -0.1) is 0 Å². The third-order valence-corrected chi connectivity index (χ3v) is 5.99. The van der Waals surface area contributed by atoms with Gasteiger partial charge in [-0.05, 0) is 67.8 Å². The van der Waals surface area contributed by atoms with Crippen LogP contribution < -0.4 is 0 Å². The molecule has 0 heterocycles. The molecule has 1 aromatic carbocycles. The molecule has 21 heavy (non-hydrogen) atoms. The zero-order valence-corrected chi connectivity index (χ0v) is 11.9. The summed E-state index contributed by atoms with van der Waals surface area (Å²) in [6.45, 7) is 0. The molecule has 0 unspecified atom stereocenters. The highest BCUT2D eigenvalue weighted by Gasteiger charge is 2.52. The fourth-order valence-corrected chi connectivity index (χ4v) is 5.62. The Morgan fingerprint density at radius 2 is 1.48 bits per heavy atom. The number of aromatic carboxylic acids is 1. The molecule has 5 rings (SSSR count). The summed E-state index contributed by atoms with van der Waals surface area (Å²) in [6, 6.07) is 3.16. The van der Waals surface area contributed by atoms with Crippen molar-refractivity contribution in [1.82, 2.24) is 0 Å². The monoisotopic (exact) mass is 288 g/mol. The highest BCUT2D eigenvalue weighted by molar-refractivity contribution is 5.92. The van der Waals surface area contributed by atoms with Crippen LogP contribution in [-0.4, -0.2) is 21.3 Å². The molecule has 0 aromatic heterocycles. The van der Waals surface area contributed by atoms with Gasteiger partial charge in [0.25, 0.3) is 0 Å². The van der Waals surface area contributed by atoms with E-state index in [2.05, 4.69) is 0 Å². The van der Waals surface area contributed by atoms with Crippen LogP contribution in [0, 0.1) is 17.8 Å². The van der Waals surface area contributed by atoms with Crippen molar-refractivity contribution in [1.29, 1.82) is 0 Å². The normalized spacial score (nSPS) is 36.9. The summed E-state index contributed by atoms with van der Waals surface area (Å²) in [6.07, 6.45) is 7.12. The van der Waals surface area contributed by atoms with Gasteiger partial charge < -0.3 is 15.3 Å². The molecule has 0 spiro atoms. The first-order valence-electron chi connectivity index (χ1n) is 7.77. The summed E-state index contributed by atoms with van der Waals surface area (Å²) in [5, 5.41) is 29.4. The maximum absolute atomic E-state index is 11.1. The quantitative estimate of drug-likeness (QED) is 0.730. The molecule has 0 atom stereocenters. The smallest absolute Gasteiger partial charge is 0.339 e. The summed E-state index contributed by atoms with van der Waals surface area (Å²) >= 11 is 0. The van der Waals surface area contributed by atoms with E-state index in [0.29, 0.717) is 0 Å². The maximum atomic E-state index is 11.1. The van der Waals surface area contributed by atoms with E-state index in [1.807, 2.05) is 0 Å². The summed E-state index contributed by atoms with van der Waals surface area (Å²) < 4.78 is 0. The SMILES string of the molecule is O=C(O)c1ccc(C23CC4CC(CC(C4)C2)C3)c(O)c1O. The molecule has 4 saturated carbocycles. The van der Waals surface area contributed by atoms with Crippen molar-refractivity contribution in [3.05, 3.63) is 23.3 Å². The first kappa shape index (κ1) is 13.0. The number of benzene rings is 1. The molecule has 4 nitrogen and oxygen atoms in total. The van der Waals surface area contributed by atoms with Crippen molar-refractivity contribution >= 4 is 5.97 Å². The fraction of sp³-hybridized carbons (Fsp3) is 0.588. The minimum atomic E-state index is -1.21. The second kappa shape index (κ2) is 4.15. The molecular formula is C17H20O4. The van der Waals surface area contributed by atoms with Crippen LogP contribution in [0.2, 0.25) is 0 Å². The lowest BCUT2D eigenvalue weighted by molar-refractivity contribution is -0.00630. The number of hydrogen-bond acceptors (Lipinski definition) is 3. The number of carbonyl (C=O) groups is 1. The molecule has 4 fully saturated rings. The van der Waals surface area contributed by atoms with Crippen LogP contribution in [0.25, 0.3) is 0 Å². The Balaban J connectivity index is 1.80. The van der Waals surface area contributed by atoms with Gasteiger partial charge in [0, 0.05) is 5.56 Å². The highest BCUT2D eigenvalue weighted by Crippen LogP contribution is 2.62. The lowest BCUT2D eigenvalue weighted by Crippen LogP contribution is -2.48. The molecule has 0 amide bonds. The average Bonchev–Trinajstić information content (AvgIpc) is 2.39. The maximum Gasteiger partial charge on any atom is 0.339 e. The summed E-state index contributed by atoms with van der Waals surface area (Å²) in [5.41, 5.74) is 0.498. The van der Waals surface area contributed by atoms with Gasteiger partial charge in [0.2, 0.25) is 0 Å². The minimum absolute atomic E-state index is 0.0483. The average molecular weight is 288 g/mol. The van der Waals surface area contributed by atoms with Crippen molar-refractivity contribution in [2.75, 3.05) is 0 Å². The molecule has 0 saturated heterocycles. The summed E-state index contributed by atoms with van der Waals surface area (Å²) in [7, 11) is 0. The van der Waals surface area contributed by atoms with Crippen LogP contribution in [0.5, 0.6) is 11.5 Å². The Morgan fingerprint density at radius 1 is 0.952 bits per heavy atom. The number of aromatic hydroxyl groups is 2. The van der Waals surface area contributed by atoms with Gasteiger partial charge in [0.1, 0.15) is 5.56 Å². The predicted molar refractivity (Wildman–Crippen MR) is 76.6 cm³/mol. The second-order valence-corrected chi connectivity index (χ2v) is 7.36. The van der Waals surface area contributed by atoms with Gasteiger partial charge in [-0.2, -0.15) is 0 Å². The van der Waals surface area contributed by atoms with E-state index >= 15 is 0 Å². The molecule has 4 bridgehead atoms. The summed E-state index contributed by atoms with van der Waals surface area (Å²) in [5.74, 6) is 0.304. The van der Waals surface area contributed by atoms with Crippen molar-refractivity contribution in [2.24, 2.45) is 17.8 Å². The third kappa shape index (κ3) is 1.78. The van der Waals surface area contributed by atoms with E-state index in [1.54, 1.807) is 6.07 Å². The zero-order chi connectivity index (χ0) is 14.8. The van der Waals surface area contributed by atoms with Crippen LogP contribution in [0.1, 0.15) is 54.4 Å².